The Bertz CT molecular complexity index is 1240. The van der Waals surface area contributed by atoms with Gasteiger partial charge in [0.05, 0.1) is 22.2 Å². The molecule has 0 saturated carbocycles. The van der Waals surface area contributed by atoms with Crippen LogP contribution >= 0.6 is 11.3 Å². The molecule has 0 spiro atoms. The standard InChI is InChI=1S/C20H23N3O4S2/c1-5-22-17-9-7-15(11-18(17)28-20(22)25)21-19(24)12-23(29(4,26)27)16-8-6-13(2)10-14(16)3/h6-11H,5,12H2,1-4H3,(H,21,24). The number of benzene rings is 2. The smallest absolute Gasteiger partial charge is 0.308 e. The highest BCUT2D eigenvalue weighted by molar-refractivity contribution is 7.92. The second-order valence-electron chi connectivity index (χ2n) is 6.90. The summed E-state index contributed by atoms with van der Waals surface area (Å²) in [5.41, 5.74) is 3.59. The van der Waals surface area contributed by atoms with Crippen LogP contribution in [-0.4, -0.2) is 31.7 Å². The summed E-state index contributed by atoms with van der Waals surface area (Å²) in [5, 5.41) is 2.73. The van der Waals surface area contributed by atoms with Gasteiger partial charge < -0.3 is 5.32 Å². The van der Waals surface area contributed by atoms with E-state index in [-0.39, 0.29) is 11.4 Å². The molecule has 0 radical (unpaired) electrons. The van der Waals surface area contributed by atoms with Crippen LogP contribution in [0.1, 0.15) is 18.1 Å². The van der Waals surface area contributed by atoms with Crippen molar-refractivity contribution in [3.8, 4) is 0 Å². The Morgan fingerprint density at radius 1 is 1.17 bits per heavy atom. The molecule has 154 valence electrons. The number of hydrogen-bond acceptors (Lipinski definition) is 5. The van der Waals surface area contributed by atoms with E-state index >= 15 is 0 Å². The fourth-order valence-corrected chi connectivity index (χ4v) is 5.15. The van der Waals surface area contributed by atoms with Gasteiger partial charge in [-0.05, 0) is 50.6 Å². The predicted octanol–water partition coefficient (Wildman–Crippen LogP) is 3.10. The molecule has 0 atom stereocenters. The second-order valence-corrected chi connectivity index (χ2v) is 9.80. The summed E-state index contributed by atoms with van der Waals surface area (Å²) in [6.07, 6.45) is 1.08. The molecule has 0 unspecified atom stereocenters. The molecule has 0 fully saturated rings. The van der Waals surface area contributed by atoms with Crippen LogP contribution in [0, 0.1) is 13.8 Å². The van der Waals surface area contributed by atoms with Crippen molar-refractivity contribution in [3.05, 3.63) is 57.2 Å². The number of carbonyl (C=O) groups excluding carboxylic acids is 1. The maximum Gasteiger partial charge on any atom is 0.308 e. The normalized spacial score (nSPS) is 11.6. The minimum absolute atomic E-state index is 0.0518. The van der Waals surface area contributed by atoms with Crippen LogP contribution in [0.25, 0.3) is 10.2 Å². The van der Waals surface area contributed by atoms with Crippen LogP contribution < -0.4 is 14.5 Å². The first kappa shape index (κ1) is 21.1. The van der Waals surface area contributed by atoms with Crippen molar-refractivity contribution < 1.29 is 13.2 Å². The summed E-state index contributed by atoms with van der Waals surface area (Å²) in [4.78, 5) is 24.5. The van der Waals surface area contributed by atoms with Gasteiger partial charge in [0, 0.05) is 12.2 Å². The van der Waals surface area contributed by atoms with Gasteiger partial charge in [0.15, 0.2) is 0 Å². The Morgan fingerprint density at radius 2 is 1.90 bits per heavy atom. The van der Waals surface area contributed by atoms with Gasteiger partial charge in [-0.25, -0.2) is 8.42 Å². The van der Waals surface area contributed by atoms with E-state index in [9.17, 15) is 18.0 Å². The van der Waals surface area contributed by atoms with E-state index in [0.29, 0.717) is 17.9 Å². The summed E-state index contributed by atoms with van der Waals surface area (Å²) in [6, 6.07) is 10.6. The summed E-state index contributed by atoms with van der Waals surface area (Å²) in [7, 11) is -3.65. The molecule has 2 aromatic carbocycles. The van der Waals surface area contributed by atoms with Gasteiger partial charge in [0.25, 0.3) is 0 Å². The minimum atomic E-state index is -3.65. The van der Waals surface area contributed by atoms with E-state index < -0.39 is 15.9 Å². The van der Waals surface area contributed by atoms with E-state index in [0.717, 1.165) is 43.2 Å². The Balaban J connectivity index is 1.85. The van der Waals surface area contributed by atoms with Gasteiger partial charge in [-0.2, -0.15) is 0 Å². The molecule has 3 rings (SSSR count). The molecule has 7 nitrogen and oxygen atoms in total. The zero-order valence-corrected chi connectivity index (χ0v) is 18.4. The monoisotopic (exact) mass is 433 g/mol. The van der Waals surface area contributed by atoms with Crippen molar-refractivity contribution in [1.82, 2.24) is 4.57 Å². The zero-order valence-electron chi connectivity index (χ0n) is 16.7. The van der Waals surface area contributed by atoms with Gasteiger partial charge in [-0.15, -0.1) is 0 Å². The molecular formula is C20H23N3O4S2. The lowest BCUT2D eigenvalue weighted by Gasteiger charge is -2.24. The molecule has 1 N–H and O–H groups in total. The molecule has 0 saturated heterocycles. The zero-order chi connectivity index (χ0) is 21.3. The molecule has 0 aliphatic rings. The first-order valence-electron chi connectivity index (χ1n) is 9.08. The first-order valence-corrected chi connectivity index (χ1v) is 11.7. The largest absolute Gasteiger partial charge is 0.324 e. The summed E-state index contributed by atoms with van der Waals surface area (Å²) in [5.74, 6) is -0.461. The number of rotatable bonds is 6. The number of nitrogens with one attached hydrogen (secondary N) is 1. The topological polar surface area (TPSA) is 88.5 Å². The lowest BCUT2D eigenvalue weighted by Crippen LogP contribution is -2.37. The molecule has 3 aromatic rings. The van der Waals surface area contributed by atoms with E-state index in [1.165, 1.54) is 0 Å². The molecule has 1 amide bonds. The molecule has 9 heteroatoms. The molecule has 0 bridgehead atoms. The number of hydrogen-bond donors (Lipinski definition) is 1. The van der Waals surface area contributed by atoms with Crippen LogP contribution in [0.2, 0.25) is 0 Å². The van der Waals surface area contributed by atoms with E-state index in [2.05, 4.69) is 5.32 Å². The maximum absolute atomic E-state index is 12.6. The van der Waals surface area contributed by atoms with Gasteiger partial charge in [-0.1, -0.05) is 29.0 Å². The highest BCUT2D eigenvalue weighted by atomic mass is 32.2. The number of aryl methyl sites for hydroxylation is 3. The number of anilines is 2. The number of aromatic nitrogens is 1. The molecule has 0 aliphatic carbocycles. The third-order valence-electron chi connectivity index (χ3n) is 4.58. The Hall–Kier alpha value is -2.65. The Kier molecular flexibility index (Phi) is 5.81. The maximum atomic E-state index is 12.6. The lowest BCUT2D eigenvalue weighted by atomic mass is 10.1. The van der Waals surface area contributed by atoms with E-state index in [1.807, 2.05) is 32.9 Å². The molecule has 29 heavy (non-hydrogen) atoms. The number of fused-ring (bicyclic) bond motifs is 1. The van der Waals surface area contributed by atoms with Crippen LogP contribution in [-0.2, 0) is 21.4 Å². The van der Waals surface area contributed by atoms with Gasteiger partial charge in [-0.3, -0.25) is 18.5 Å². The number of thiazole rings is 1. The number of nitrogens with zero attached hydrogens (tertiary/aromatic N) is 2. The summed E-state index contributed by atoms with van der Waals surface area (Å²) < 4.78 is 28.2. The average Bonchev–Trinajstić information content (AvgIpc) is 2.93. The molecule has 1 heterocycles. The Labute approximate surface area is 173 Å². The van der Waals surface area contributed by atoms with Crippen LogP contribution in [0.15, 0.2) is 41.2 Å². The highest BCUT2D eigenvalue weighted by Crippen LogP contribution is 2.25. The average molecular weight is 434 g/mol. The van der Waals surface area contributed by atoms with E-state index in [1.54, 1.807) is 28.8 Å². The molecule has 0 aliphatic heterocycles. The highest BCUT2D eigenvalue weighted by Gasteiger charge is 2.22. The predicted molar refractivity (Wildman–Crippen MR) is 118 cm³/mol. The fraction of sp³-hybridized carbons (Fsp3) is 0.300. The number of sulfonamides is 1. The SMILES string of the molecule is CCn1c(=O)sc2cc(NC(=O)CN(c3ccc(C)cc3C)S(C)(=O)=O)ccc21. The van der Waals surface area contributed by atoms with Crippen molar-refractivity contribution in [2.45, 2.75) is 27.3 Å². The van der Waals surface area contributed by atoms with Crippen molar-refractivity contribution in [2.75, 3.05) is 22.4 Å². The second kappa shape index (κ2) is 8.00. The van der Waals surface area contributed by atoms with Crippen molar-refractivity contribution >= 4 is 48.9 Å². The summed E-state index contributed by atoms with van der Waals surface area (Å²) >= 11 is 1.11. The minimum Gasteiger partial charge on any atom is -0.324 e. The van der Waals surface area contributed by atoms with Crippen LogP contribution in [0.4, 0.5) is 11.4 Å². The van der Waals surface area contributed by atoms with E-state index in [4.69, 9.17) is 0 Å². The first-order chi connectivity index (χ1) is 13.6. The molecular weight excluding hydrogens is 410 g/mol. The van der Waals surface area contributed by atoms with Crippen LogP contribution in [0.3, 0.4) is 0 Å². The van der Waals surface area contributed by atoms with Gasteiger partial charge in [0.2, 0.25) is 15.9 Å². The van der Waals surface area contributed by atoms with Crippen molar-refractivity contribution in [2.24, 2.45) is 0 Å². The third kappa shape index (κ3) is 4.51. The van der Waals surface area contributed by atoms with Crippen LogP contribution in [0.5, 0.6) is 0 Å². The Morgan fingerprint density at radius 3 is 2.52 bits per heavy atom. The van der Waals surface area contributed by atoms with Crippen molar-refractivity contribution in [3.63, 3.8) is 0 Å². The number of amides is 1. The van der Waals surface area contributed by atoms with Gasteiger partial charge >= 0.3 is 4.87 Å². The number of carbonyl (C=O) groups is 1. The molecule has 1 aromatic heterocycles. The third-order valence-corrected chi connectivity index (χ3v) is 6.65. The quantitative estimate of drug-likeness (QED) is 0.647. The summed E-state index contributed by atoms with van der Waals surface area (Å²) in [6.45, 7) is 5.87. The lowest BCUT2D eigenvalue weighted by molar-refractivity contribution is -0.114. The van der Waals surface area contributed by atoms with Gasteiger partial charge in [0.1, 0.15) is 6.54 Å². The fourth-order valence-electron chi connectivity index (χ4n) is 3.24. The van der Waals surface area contributed by atoms with Crippen molar-refractivity contribution in [1.29, 1.82) is 0 Å².